The fourth-order valence-corrected chi connectivity index (χ4v) is 4.55. The van der Waals surface area contributed by atoms with Crippen molar-refractivity contribution in [2.45, 2.75) is 37.9 Å². The van der Waals surface area contributed by atoms with Crippen LogP contribution in [0.4, 0.5) is 10.5 Å². The van der Waals surface area contributed by atoms with E-state index in [2.05, 4.69) is 5.32 Å². The zero-order valence-corrected chi connectivity index (χ0v) is 19.0. The maximum absolute atomic E-state index is 13.4. The fraction of sp³-hybridized carbons (Fsp3) is 0.350. The van der Waals surface area contributed by atoms with E-state index in [9.17, 15) is 18.3 Å². The summed E-state index contributed by atoms with van der Waals surface area (Å²) < 4.78 is 33.2. The summed E-state index contributed by atoms with van der Waals surface area (Å²) in [5.74, 6) is 0. The number of rotatable bonds is 9. The van der Waals surface area contributed by atoms with Gasteiger partial charge in [0, 0.05) is 22.2 Å². The Morgan fingerprint density at radius 2 is 1.80 bits per heavy atom. The molecule has 1 amide bonds. The molecule has 0 aliphatic heterocycles. The number of benzene rings is 2. The van der Waals surface area contributed by atoms with E-state index in [1.54, 1.807) is 19.1 Å². The number of aliphatic hydroxyl groups excluding tert-OH is 1. The molecular weight excluding hydrogens is 451 g/mol. The number of nitrogens with one attached hydrogen (secondary N) is 1. The van der Waals surface area contributed by atoms with Crippen molar-refractivity contribution in [2.75, 3.05) is 17.4 Å². The molecule has 0 aliphatic rings. The quantitative estimate of drug-likeness (QED) is 0.567. The van der Waals surface area contributed by atoms with Crippen LogP contribution in [0, 0.1) is 0 Å². The summed E-state index contributed by atoms with van der Waals surface area (Å²) in [5.41, 5.74) is 0.559. The number of hydrogen-bond acceptors (Lipinski definition) is 5. The van der Waals surface area contributed by atoms with E-state index in [4.69, 9.17) is 27.9 Å². The van der Waals surface area contributed by atoms with Crippen LogP contribution in [0.5, 0.6) is 0 Å². The highest BCUT2D eigenvalue weighted by Gasteiger charge is 2.29. The van der Waals surface area contributed by atoms with E-state index in [1.807, 2.05) is 6.92 Å². The molecule has 0 aliphatic carbocycles. The number of carbonyl (C=O) groups excluding carboxylic acids is 1. The van der Waals surface area contributed by atoms with Gasteiger partial charge in [-0.15, -0.1) is 0 Å². The van der Waals surface area contributed by atoms with Gasteiger partial charge < -0.3 is 15.2 Å². The van der Waals surface area contributed by atoms with Crippen LogP contribution >= 0.6 is 23.2 Å². The number of anilines is 1. The Morgan fingerprint density at radius 1 is 1.17 bits per heavy atom. The molecule has 2 N–H and O–H groups in total. The standard InChI is InChI=1S/C20H24Cl2N2O5S/c1-3-10-23-20(26)29-14(2)12-24(19-11-17(22)5-4-15(19)13-25)30(27,28)18-8-6-16(21)7-9-18/h4-9,11,14,25H,3,10,12-13H2,1-2H3,(H,23,26)/t14-/m1/s1. The van der Waals surface area contributed by atoms with Gasteiger partial charge in [-0.1, -0.05) is 36.2 Å². The molecule has 2 aromatic carbocycles. The van der Waals surface area contributed by atoms with Gasteiger partial charge in [0.25, 0.3) is 10.0 Å². The molecule has 1 atom stereocenters. The highest BCUT2D eigenvalue weighted by Crippen LogP contribution is 2.31. The van der Waals surface area contributed by atoms with Crippen LogP contribution in [0.2, 0.25) is 10.0 Å². The third kappa shape index (κ3) is 6.25. The molecule has 0 saturated carbocycles. The third-order valence-corrected chi connectivity index (χ3v) is 6.42. The average molecular weight is 475 g/mol. The topological polar surface area (TPSA) is 95.9 Å². The summed E-state index contributed by atoms with van der Waals surface area (Å²) in [6, 6.07) is 10.2. The Morgan fingerprint density at radius 3 is 2.40 bits per heavy atom. The average Bonchev–Trinajstić information content (AvgIpc) is 2.70. The molecule has 164 valence electrons. The molecular formula is C20H24Cl2N2O5S. The summed E-state index contributed by atoms with van der Waals surface area (Å²) in [6.45, 7) is 3.35. The molecule has 0 unspecified atom stereocenters. The molecule has 0 bridgehead atoms. The monoisotopic (exact) mass is 474 g/mol. The second-order valence-electron chi connectivity index (χ2n) is 6.56. The number of hydrogen-bond donors (Lipinski definition) is 2. The van der Waals surface area contributed by atoms with Gasteiger partial charge in [0.1, 0.15) is 6.10 Å². The van der Waals surface area contributed by atoms with Crippen molar-refractivity contribution in [3.05, 3.63) is 58.1 Å². The normalized spacial score (nSPS) is 12.3. The van der Waals surface area contributed by atoms with Gasteiger partial charge >= 0.3 is 6.09 Å². The van der Waals surface area contributed by atoms with Crippen LogP contribution in [0.3, 0.4) is 0 Å². The van der Waals surface area contributed by atoms with Crippen LogP contribution in [0.15, 0.2) is 47.4 Å². The highest BCUT2D eigenvalue weighted by atomic mass is 35.5. The first kappa shape index (κ1) is 24.3. The van der Waals surface area contributed by atoms with E-state index >= 15 is 0 Å². The Bertz CT molecular complexity index is 968. The van der Waals surface area contributed by atoms with Gasteiger partial charge in [-0.25, -0.2) is 13.2 Å². The lowest BCUT2D eigenvalue weighted by Crippen LogP contribution is -2.40. The molecule has 30 heavy (non-hydrogen) atoms. The van der Waals surface area contributed by atoms with E-state index in [1.165, 1.54) is 30.3 Å². The molecule has 0 fully saturated rings. The minimum Gasteiger partial charge on any atom is -0.445 e. The van der Waals surface area contributed by atoms with E-state index in [-0.39, 0.29) is 17.1 Å². The van der Waals surface area contributed by atoms with Crippen LogP contribution in [0.25, 0.3) is 0 Å². The lowest BCUT2D eigenvalue weighted by Gasteiger charge is -2.29. The molecule has 7 nitrogen and oxygen atoms in total. The number of amides is 1. The van der Waals surface area contributed by atoms with Gasteiger partial charge in [0.05, 0.1) is 23.7 Å². The van der Waals surface area contributed by atoms with Crippen molar-refractivity contribution in [1.29, 1.82) is 0 Å². The number of halogens is 2. The number of ether oxygens (including phenoxy) is 1. The molecule has 0 spiro atoms. The zero-order chi connectivity index (χ0) is 22.3. The number of nitrogens with zero attached hydrogens (tertiary/aromatic N) is 1. The van der Waals surface area contributed by atoms with Crippen molar-refractivity contribution in [1.82, 2.24) is 5.32 Å². The second-order valence-corrected chi connectivity index (χ2v) is 9.30. The van der Waals surface area contributed by atoms with Crippen molar-refractivity contribution in [3.8, 4) is 0 Å². The third-order valence-electron chi connectivity index (χ3n) is 4.14. The largest absolute Gasteiger partial charge is 0.445 e. The second kappa shape index (κ2) is 10.9. The first-order chi connectivity index (χ1) is 14.2. The van der Waals surface area contributed by atoms with Gasteiger partial charge in [-0.2, -0.15) is 0 Å². The van der Waals surface area contributed by atoms with E-state index < -0.39 is 28.8 Å². The number of carbonyl (C=O) groups is 1. The molecule has 0 radical (unpaired) electrons. The van der Waals surface area contributed by atoms with Crippen LogP contribution < -0.4 is 9.62 Å². The number of alkyl carbamates (subject to hydrolysis) is 1. The lowest BCUT2D eigenvalue weighted by atomic mass is 10.2. The van der Waals surface area contributed by atoms with Gasteiger partial charge in [-0.3, -0.25) is 4.31 Å². The Hall–Kier alpha value is -2.00. The molecule has 0 saturated heterocycles. The molecule has 10 heteroatoms. The summed E-state index contributed by atoms with van der Waals surface area (Å²) in [6.07, 6.45) is -0.681. The minimum atomic E-state index is -4.07. The Labute approximate surface area is 186 Å². The fourth-order valence-electron chi connectivity index (χ4n) is 2.68. The summed E-state index contributed by atoms with van der Waals surface area (Å²) >= 11 is 12.0. The van der Waals surface area contributed by atoms with Crippen LogP contribution in [0.1, 0.15) is 25.8 Å². The lowest BCUT2D eigenvalue weighted by molar-refractivity contribution is 0.111. The molecule has 2 rings (SSSR count). The van der Waals surface area contributed by atoms with Crippen molar-refractivity contribution < 1.29 is 23.1 Å². The van der Waals surface area contributed by atoms with Crippen molar-refractivity contribution >= 4 is 45.0 Å². The van der Waals surface area contributed by atoms with Crippen LogP contribution in [-0.2, 0) is 21.4 Å². The predicted molar refractivity (Wildman–Crippen MR) is 118 cm³/mol. The van der Waals surface area contributed by atoms with Crippen LogP contribution in [-0.4, -0.2) is 38.8 Å². The molecule has 0 aromatic heterocycles. The predicted octanol–water partition coefficient (Wildman–Crippen LogP) is 4.21. The smallest absolute Gasteiger partial charge is 0.407 e. The summed E-state index contributed by atoms with van der Waals surface area (Å²) in [4.78, 5) is 11.9. The Kier molecular flexibility index (Phi) is 8.78. The van der Waals surface area contributed by atoms with Crippen molar-refractivity contribution in [2.24, 2.45) is 0 Å². The first-order valence-corrected chi connectivity index (χ1v) is 11.5. The van der Waals surface area contributed by atoms with Gasteiger partial charge in [0.2, 0.25) is 0 Å². The van der Waals surface area contributed by atoms with Gasteiger partial charge in [-0.05, 0) is 49.7 Å². The SMILES string of the molecule is CCCNC(=O)O[C@H](C)CN(c1cc(Cl)ccc1CO)S(=O)(=O)c1ccc(Cl)cc1. The summed E-state index contributed by atoms with van der Waals surface area (Å²) in [7, 11) is -4.07. The minimum absolute atomic E-state index is 0.00148. The maximum atomic E-state index is 13.4. The van der Waals surface area contributed by atoms with E-state index in [0.29, 0.717) is 22.2 Å². The van der Waals surface area contributed by atoms with E-state index in [0.717, 1.165) is 10.7 Å². The highest BCUT2D eigenvalue weighted by molar-refractivity contribution is 7.92. The van der Waals surface area contributed by atoms with Crippen molar-refractivity contribution in [3.63, 3.8) is 0 Å². The maximum Gasteiger partial charge on any atom is 0.407 e. The number of aliphatic hydroxyl groups is 1. The zero-order valence-electron chi connectivity index (χ0n) is 16.6. The van der Waals surface area contributed by atoms with Gasteiger partial charge in [0.15, 0.2) is 0 Å². The Balaban J connectivity index is 2.44. The molecule has 0 heterocycles. The molecule has 2 aromatic rings. The summed E-state index contributed by atoms with van der Waals surface area (Å²) in [5, 5.41) is 13.0. The first-order valence-electron chi connectivity index (χ1n) is 9.31. The number of sulfonamides is 1.